The van der Waals surface area contributed by atoms with E-state index in [0.717, 1.165) is 5.75 Å². The highest BCUT2D eigenvalue weighted by atomic mass is 32.2. The fourth-order valence-corrected chi connectivity index (χ4v) is 2.09. The lowest BCUT2D eigenvalue weighted by molar-refractivity contribution is 0.0600. The van der Waals surface area contributed by atoms with Gasteiger partial charge < -0.3 is 4.74 Å². The molecule has 0 spiro atoms. The normalized spacial score (nSPS) is 10.3. The molecule has 0 unspecified atom stereocenters. The summed E-state index contributed by atoms with van der Waals surface area (Å²) < 4.78 is 4.66. The fourth-order valence-electron chi connectivity index (χ4n) is 1.24. The summed E-state index contributed by atoms with van der Waals surface area (Å²) in [5.41, 5.74) is 1.83. The number of carbonyl (C=O) groups excluding carboxylic acids is 1. The zero-order valence-corrected chi connectivity index (χ0v) is 9.56. The molecule has 0 aromatic heterocycles. The van der Waals surface area contributed by atoms with Crippen LogP contribution in [0.2, 0.25) is 0 Å². The van der Waals surface area contributed by atoms with Crippen LogP contribution in [0.1, 0.15) is 15.9 Å². The zero-order valence-electron chi connectivity index (χ0n) is 8.74. The van der Waals surface area contributed by atoms with E-state index in [9.17, 15) is 4.79 Å². The average Bonchev–Trinajstić information content (AvgIpc) is 2.16. The molecule has 0 atom stereocenters. The third kappa shape index (κ3) is 3.07. The van der Waals surface area contributed by atoms with Crippen molar-refractivity contribution in [1.82, 2.24) is 0 Å². The standard InChI is InChI=1S/C11H15O2S/c1-13-11(12)10-6-4-5-9(7-10)8-14(2)3/h4-7H,8H2,1-3H3/q+1. The molecule has 0 aliphatic rings. The van der Waals surface area contributed by atoms with E-state index in [1.54, 1.807) is 6.07 Å². The van der Waals surface area contributed by atoms with Crippen molar-refractivity contribution in [1.29, 1.82) is 0 Å². The Labute approximate surface area is 87.6 Å². The van der Waals surface area contributed by atoms with Crippen LogP contribution < -0.4 is 0 Å². The van der Waals surface area contributed by atoms with Gasteiger partial charge in [-0.05, 0) is 23.0 Å². The molecule has 0 N–H and O–H groups in total. The van der Waals surface area contributed by atoms with Gasteiger partial charge in [0.1, 0.15) is 5.75 Å². The van der Waals surface area contributed by atoms with Gasteiger partial charge in [-0.15, -0.1) is 0 Å². The Kier molecular flexibility index (Phi) is 4.01. The lowest BCUT2D eigenvalue weighted by Gasteiger charge is -2.02. The van der Waals surface area contributed by atoms with Gasteiger partial charge in [0.05, 0.1) is 25.2 Å². The van der Waals surface area contributed by atoms with E-state index in [-0.39, 0.29) is 5.97 Å². The second-order valence-electron chi connectivity index (χ2n) is 3.32. The van der Waals surface area contributed by atoms with Crippen LogP contribution in [-0.4, -0.2) is 25.6 Å². The molecule has 0 heterocycles. The number of hydrogen-bond acceptors (Lipinski definition) is 2. The summed E-state index contributed by atoms with van der Waals surface area (Å²) in [7, 11) is 1.76. The first-order valence-electron chi connectivity index (χ1n) is 4.35. The van der Waals surface area contributed by atoms with E-state index in [1.165, 1.54) is 12.7 Å². The van der Waals surface area contributed by atoms with E-state index >= 15 is 0 Å². The Morgan fingerprint density at radius 3 is 2.71 bits per heavy atom. The smallest absolute Gasteiger partial charge is 0.337 e. The molecule has 0 amide bonds. The van der Waals surface area contributed by atoms with Crippen LogP contribution in [0.3, 0.4) is 0 Å². The quantitative estimate of drug-likeness (QED) is 0.563. The highest BCUT2D eigenvalue weighted by molar-refractivity contribution is 7.94. The van der Waals surface area contributed by atoms with Gasteiger partial charge in [0.25, 0.3) is 0 Å². The number of benzene rings is 1. The van der Waals surface area contributed by atoms with Gasteiger partial charge in [-0.1, -0.05) is 12.1 Å². The first-order chi connectivity index (χ1) is 6.63. The van der Waals surface area contributed by atoms with Crippen LogP contribution >= 0.6 is 0 Å². The maximum Gasteiger partial charge on any atom is 0.337 e. The van der Waals surface area contributed by atoms with Crippen LogP contribution in [-0.2, 0) is 21.4 Å². The van der Waals surface area contributed by atoms with Crippen LogP contribution in [0.4, 0.5) is 0 Å². The topological polar surface area (TPSA) is 26.3 Å². The third-order valence-electron chi connectivity index (χ3n) is 1.80. The minimum atomic E-state index is -0.265. The van der Waals surface area contributed by atoms with Crippen LogP contribution in [0, 0.1) is 0 Å². The molecular weight excluding hydrogens is 196 g/mol. The van der Waals surface area contributed by atoms with E-state index < -0.39 is 0 Å². The molecule has 0 bridgehead atoms. The molecule has 2 nitrogen and oxygen atoms in total. The summed E-state index contributed by atoms with van der Waals surface area (Å²) in [5.74, 6) is 0.754. The molecule has 0 radical (unpaired) electrons. The van der Waals surface area contributed by atoms with Crippen molar-refractivity contribution in [3.8, 4) is 0 Å². The minimum absolute atomic E-state index is 0.265. The molecule has 0 aliphatic heterocycles. The van der Waals surface area contributed by atoms with Crippen molar-refractivity contribution in [2.75, 3.05) is 19.6 Å². The number of rotatable bonds is 3. The van der Waals surface area contributed by atoms with Crippen molar-refractivity contribution < 1.29 is 9.53 Å². The van der Waals surface area contributed by atoms with Gasteiger partial charge in [0, 0.05) is 5.56 Å². The second kappa shape index (κ2) is 5.05. The first kappa shape index (κ1) is 11.1. The summed E-state index contributed by atoms with van der Waals surface area (Å²) in [6, 6.07) is 7.62. The van der Waals surface area contributed by atoms with Gasteiger partial charge in [-0.25, -0.2) is 4.79 Å². The van der Waals surface area contributed by atoms with E-state index in [0.29, 0.717) is 16.5 Å². The lowest BCUT2D eigenvalue weighted by Crippen LogP contribution is -2.04. The average molecular weight is 211 g/mol. The maximum atomic E-state index is 11.2. The Balaban J connectivity index is 2.84. The first-order valence-corrected chi connectivity index (χ1v) is 6.56. The lowest BCUT2D eigenvalue weighted by atomic mass is 10.1. The number of hydrogen-bond donors (Lipinski definition) is 0. The molecule has 0 fully saturated rings. The number of methoxy groups -OCH3 is 1. The van der Waals surface area contributed by atoms with Crippen molar-refractivity contribution in [2.24, 2.45) is 0 Å². The monoisotopic (exact) mass is 211 g/mol. The molecule has 0 aliphatic carbocycles. The Hall–Kier alpha value is -0.960. The summed E-state index contributed by atoms with van der Waals surface area (Å²) in [5, 5.41) is 0. The minimum Gasteiger partial charge on any atom is -0.465 e. The summed E-state index contributed by atoms with van der Waals surface area (Å²) >= 11 is 0. The highest BCUT2D eigenvalue weighted by Gasteiger charge is 2.09. The largest absolute Gasteiger partial charge is 0.465 e. The molecule has 0 saturated carbocycles. The number of esters is 1. The van der Waals surface area contributed by atoms with Gasteiger partial charge in [-0.2, -0.15) is 0 Å². The maximum absolute atomic E-state index is 11.2. The molecule has 1 aromatic carbocycles. The van der Waals surface area contributed by atoms with Gasteiger partial charge >= 0.3 is 5.97 Å². The summed E-state index contributed by atoms with van der Waals surface area (Å²) in [6.45, 7) is 0. The number of carbonyl (C=O) groups is 1. The van der Waals surface area contributed by atoms with Gasteiger partial charge in [0.15, 0.2) is 0 Å². The van der Waals surface area contributed by atoms with E-state index in [4.69, 9.17) is 0 Å². The second-order valence-corrected chi connectivity index (χ2v) is 5.58. The zero-order chi connectivity index (χ0) is 10.6. The Morgan fingerprint density at radius 2 is 2.14 bits per heavy atom. The van der Waals surface area contributed by atoms with Crippen molar-refractivity contribution >= 4 is 16.9 Å². The van der Waals surface area contributed by atoms with Gasteiger partial charge in [0.2, 0.25) is 0 Å². The van der Waals surface area contributed by atoms with Crippen molar-refractivity contribution in [3.63, 3.8) is 0 Å². The molecule has 76 valence electrons. The van der Waals surface area contributed by atoms with E-state index in [1.807, 2.05) is 18.2 Å². The van der Waals surface area contributed by atoms with Crippen LogP contribution in [0.25, 0.3) is 0 Å². The van der Waals surface area contributed by atoms with Crippen molar-refractivity contribution in [3.05, 3.63) is 35.4 Å². The molecule has 14 heavy (non-hydrogen) atoms. The predicted octanol–water partition coefficient (Wildman–Crippen LogP) is 1.85. The van der Waals surface area contributed by atoms with Crippen molar-refractivity contribution in [2.45, 2.75) is 5.75 Å². The molecule has 1 aromatic rings. The number of ether oxygens (including phenoxy) is 1. The summed E-state index contributed by atoms with van der Waals surface area (Å²) in [4.78, 5) is 11.2. The Morgan fingerprint density at radius 1 is 1.43 bits per heavy atom. The van der Waals surface area contributed by atoms with Crippen LogP contribution in [0.15, 0.2) is 24.3 Å². The summed E-state index contributed by atoms with van der Waals surface area (Å²) in [6.07, 6.45) is 4.37. The predicted molar refractivity (Wildman–Crippen MR) is 60.7 cm³/mol. The van der Waals surface area contributed by atoms with Gasteiger partial charge in [-0.3, -0.25) is 0 Å². The highest BCUT2D eigenvalue weighted by Crippen LogP contribution is 2.09. The molecule has 0 saturated heterocycles. The fraction of sp³-hybridized carbons (Fsp3) is 0.364. The van der Waals surface area contributed by atoms with E-state index in [2.05, 4.69) is 17.2 Å². The SMILES string of the molecule is COC(=O)c1cccc(C[S+](C)C)c1. The van der Waals surface area contributed by atoms with Crippen LogP contribution in [0.5, 0.6) is 0 Å². The molecule has 1 rings (SSSR count). The molecular formula is C11H15O2S+. The molecule has 3 heteroatoms. The third-order valence-corrected chi connectivity index (χ3v) is 2.71. The Bertz CT molecular complexity index is 321.